The highest BCUT2D eigenvalue weighted by Crippen LogP contribution is 2.19. The number of carbonyl (C=O) groups is 1. The molecule has 2 heterocycles. The van der Waals surface area contributed by atoms with E-state index >= 15 is 0 Å². The first-order chi connectivity index (χ1) is 9.35. The Kier molecular flexibility index (Phi) is 3.82. The number of fused-ring (bicyclic) bond motifs is 1. The van der Waals surface area contributed by atoms with E-state index in [0.717, 1.165) is 18.5 Å². The van der Waals surface area contributed by atoms with E-state index in [2.05, 4.69) is 14.7 Å². The molecule has 0 saturated heterocycles. The van der Waals surface area contributed by atoms with Crippen LogP contribution in [-0.2, 0) is 4.74 Å². The molecule has 0 aliphatic heterocycles. The standard InChI is InChI=1S/C12H8F4N2O2/c13-9-4-7-3-8(5-17-10(7)18-6-9)11(19)20-2-1-12(14,15)16/h3-6H,1-2H2. The number of hydrogen-bond acceptors (Lipinski definition) is 4. The second-order valence-corrected chi connectivity index (χ2v) is 3.93. The van der Waals surface area contributed by atoms with Gasteiger partial charge in [0.05, 0.1) is 18.2 Å². The highest BCUT2D eigenvalue weighted by Gasteiger charge is 2.27. The Hall–Kier alpha value is -2.25. The SMILES string of the molecule is O=C(OCCC(F)(F)F)c1cnc2ncc(F)cc2c1. The van der Waals surface area contributed by atoms with Crippen LogP contribution in [0.25, 0.3) is 11.0 Å². The lowest BCUT2D eigenvalue weighted by Gasteiger charge is -2.07. The van der Waals surface area contributed by atoms with Gasteiger partial charge in [-0.3, -0.25) is 0 Å². The van der Waals surface area contributed by atoms with E-state index in [-0.39, 0.29) is 16.6 Å². The number of carbonyl (C=O) groups excluding carboxylic acids is 1. The molecule has 2 aromatic rings. The van der Waals surface area contributed by atoms with Crippen LogP contribution in [0.4, 0.5) is 17.6 Å². The second kappa shape index (κ2) is 5.40. The van der Waals surface area contributed by atoms with Gasteiger partial charge in [-0.25, -0.2) is 19.2 Å². The molecule has 2 aromatic heterocycles. The van der Waals surface area contributed by atoms with Crippen molar-refractivity contribution >= 4 is 17.0 Å². The minimum atomic E-state index is -4.39. The quantitative estimate of drug-likeness (QED) is 0.643. The van der Waals surface area contributed by atoms with Crippen molar-refractivity contribution in [2.75, 3.05) is 6.61 Å². The van der Waals surface area contributed by atoms with Gasteiger partial charge in [0, 0.05) is 11.6 Å². The van der Waals surface area contributed by atoms with Crippen LogP contribution in [0.3, 0.4) is 0 Å². The summed E-state index contributed by atoms with van der Waals surface area (Å²) in [6.07, 6.45) is -3.54. The Morgan fingerprint density at radius 2 is 1.90 bits per heavy atom. The van der Waals surface area contributed by atoms with Gasteiger partial charge in [0.2, 0.25) is 0 Å². The molecule has 8 heteroatoms. The van der Waals surface area contributed by atoms with E-state index in [1.54, 1.807) is 0 Å². The summed E-state index contributed by atoms with van der Waals surface area (Å²) in [5.41, 5.74) is 0.158. The van der Waals surface area contributed by atoms with Gasteiger partial charge in [0.25, 0.3) is 0 Å². The summed E-state index contributed by atoms with van der Waals surface area (Å²) in [5, 5.41) is 0.260. The largest absolute Gasteiger partial charge is 0.462 e. The highest BCUT2D eigenvalue weighted by atomic mass is 19.4. The van der Waals surface area contributed by atoms with E-state index in [9.17, 15) is 22.4 Å². The zero-order valence-corrected chi connectivity index (χ0v) is 9.95. The maximum atomic E-state index is 13.0. The molecule has 0 amide bonds. The first-order valence-corrected chi connectivity index (χ1v) is 5.50. The molecule has 0 fully saturated rings. The van der Waals surface area contributed by atoms with Crippen molar-refractivity contribution in [3.8, 4) is 0 Å². The molecule has 0 aliphatic carbocycles. The van der Waals surface area contributed by atoms with Crippen molar-refractivity contribution in [1.82, 2.24) is 9.97 Å². The van der Waals surface area contributed by atoms with Crippen molar-refractivity contribution in [3.63, 3.8) is 0 Å². The summed E-state index contributed by atoms with van der Waals surface area (Å²) in [4.78, 5) is 19.0. The van der Waals surface area contributed by atoms with Crippen molar-refractivity contribution in [1.29, 1.82) is 0 Å². The lowest BCUT2D eigenvalue weighted by Crippen LogP contribution is -2.14. The predicted octanol–water partition coefficient (Wildman–Crippen LogP) is 2.88. The number of halogens is 4. The molecule has 0 atom stereocenters. The van der Waals surface area contributed by atoms with Crippen LogP contribution in [0.2, 0.25) is 0 Å². The van der Waals surface area contributed by atoms with E-state index in [1.807, 2.05) is 0 Å². The summed E-state index contributed by atoms with van der Waals surface area (Å²) in [7, 11) is 0. The van der Waals surface area contributed by atoms with Gasteiger partial charge in [-0.15, -0.1) is 0 Å². The first kappa shape index (κ1) is 14.2. The number of aromatic nitrogens is 2. The van der Waals surface area contributed by atoms with Crippen LogP contribution in [0.1, 0.15) is 16.8 Å². The van der Waals surface area contributed by atoms with Gasteiger partial charge in [-0.2, -0.15) is 13.2 Å². The van der Waals surface area contributed by atoms with Crippen molar-refractivity contribution < 1.29 is 27.1 Å². The fourth-order valence-electron chi connectivity index (χ4n) is 1.45. The summed E-state index contributed by atoms with van der Waals surface area (Å²) >= 11 is 0. The molecule has 0 radical (unpaired) electrons. The van der Waals surface area contributed by atoms with Crippen LogP contribution in [-0.4, -0.2) is 28.7 Å². The molecule has 4 nitrogen and oxygen atoms in total. The van der Waals surface area contributed by atoms with Gasteiger partial charge in [0.1, 0.15) is 12.4 Å². The van der Waals surface area contributed by atoms with Gasteiger partial charge in [-0.1, -0.05) is 0 Å². The molecular formula is C12H8F4N2O2. The normalized spacial score (nSPS) is 11.6. The fourth-order valence-corrected chi connectivity index (χ4v) is 1.45. The van der Waals surface area contributed by atoms with Crippen molar-refractivity contribution in [2.24, 2.45) is 0 Å². The van der Waals surface area contributed by atoms with Crippen molar-refractivity contribution in [2.45, 2.75) is 12.6 Å². The minimum Gasteiger partial charge on any atom is -0.462 e. The number of pyridine rings is 2. The third-order valence-corrected chi connectivity index (χ3v) is 2.35. The Morgan fingerprint density at radius 3 is 2.60 bits per heavy atom. The number of alkyl halides is 3. The first-order valence-electron chi connectivity index (χ1n) is 5.50. The Balaban J connectivity index is 2.10. The van der Waals surface area contributed by atoms with Gasteiger partial charge in [0.15, 0.2) is 5.65 Å². The molecule has 0 N–H and O–H groups in total. The van der Waals surface area contributed by atoms with Crippen LogP contribution in [0, 0.1) is 5.82 Å². The number of rotatable bonds is 3. The topological polar surface area (TPSA) is 52.1 Å². The Morgan fingerprint density at radius 1 is 1.20 bits per heavy atom. The number of hydrogen-bond donors (Lipinski definition) is 0. The molecule has 0 aliphatic rings. The van der Waals surface area contributed by atoms with Crippen LogP contribution in [0.5, 0.6) is 0 Å². The molecule has 106 valence electrons. The maximum Gasteiger partial charge on any atom is 0.392 e. The van der Waals surface area contributed by atoms with E-state index in [4.69, 9.17) is 0 Å². The molecule has 2 rings (SSSR count). The van der Waals surface area contributed by atoms with Crippen LogP contribution in [0.15, 0.2) is 24.5 Å². The van der Waals surface area contributed by atoms with Gasteiger partial charge in [-0.05, 0) is 12.1 Å². The summed E-state index contributed by atoms with van der Waals surface area (Å²) in [5.74, 6) is -1.56. The highest BCUT2D eigenvalue weighted by molar-refractivity contribution is 5.92. The monoisotopic (exact) mass is 288 g/mol. The average molecular weight is 288 g/mol. The molecule has 0 saturated carbocycles. The van der Waals surface area contributed by atoms with Crippen molar-refractivity contribution in [3.05, 3.63) is 35.9 Å². The number of nitrogens with zero attached hydrogens (tertiary/aromatic N) is 2. The Labute approximate surface area is 110 Å². The smallest absolute Gasteiger partial charge is 0.392 e. The zero-order chi connectivity index (χ0) is 14.8. The van der Waals surface area contributed by atoms with E-state index < -0.39 is 31.0 Å². The summed E-state index contributed by atoms with van der Waals surface area (Å²) in [6, 6.07) is 2.37. The third kappa shape index (κ3) is 3.62. The second-order valence-electron chi connectivity index (χ2n) is 3.93. The fraction of sp³-hybridized carbons (Fsp3) is 0.250. The lowest BCUT2D eigenvalue weighted by atomic mass is 10.2. The predicted molar refractivity (Wildman–Crippen MR) is 60.5 cm³/mol. The minimum absolute atomic E-state index is 0.0629. The van der Waals surface area contributed by atoms with E-state index in [1.165, 1.54) is 6.07 Å². The molecule has 0 unspecified atom stereocenters. The number of ether oxygens (including phenoxy) is 1. The molecule has 0 bridgehead atoms. The molecular weight excluding hydrogens is 280 g/mol. The molecule has 0 aromatic carbocycles. The summed E-state index contributed by atoms with van der Waals surface area (Å²) in [6.45, 7) is -0.776. The Bertz CT molecular complexity index is 643. The summed E-state index contributed by atoms with van der Waals surface area (Å²) < 4.78 is 53.2. The molecule has 20 heavy (non-hydrogen) atoms. The third-order valence-electron chi connectivity index (χ3n) is 2.35. The van der Waals surface area contributed by atoms with Crippen LogP contribution < -0.4 is 0 Å². The lowest BCUT2D eigenvalue weighted by molar-refractivity contribution is -0.141. The van der Waals surface area contributed by atoms with Gasteiger partial charge < -0.3 is 4.74 Å². The number of esters is 1. The average Bonchev–Trinajstić information content (AvgIpc) is 2.36. The zero-order valence-electron chi connectivity index (χ0n) is 9.95. The van der Waals surface area contributed by atoms with E-state index in [0.29, 0.717) is 0 Å². The maximum absolute atomic E-state index is 13.0. The van der Waals surface area contributed by atoms with Gasteiger partial charge >= 0.3 is 12.1 Å². The molecule has 0 spiro atoms. The van der Waals surface area contributed by atoms with Crippen LogP contribution >= 0.6 is 0 Å².